The van der Waals surface area contributed by atoms with Crippen molar-refractivity contribution in [3.05, 3.63) is 162 Å². The minimum atomic E-state index is -0.0340. The van der Waals surface area contributed by atoms with Crippen molar-refractivity contribution in [2.24, 2.45) is 0 Å². The first-order valence-corrected chi connectivity index (χ1v) is 15.8. The monoisotopic (exact) mass is 589 g/mol. The third-order valence-corrected chi connectivity index (χ3v) is 9.64. The Kier molecular flexibility index (Phi) is 5.85. The molecule has 3 nitrogen and oxygen atoms in total. The van der Waals surface area contributed by atoms with Gasteiger partial charge in [0.2, 0.25) is 0 Å². The van der Waals surface area contributed by atoms with Crippen molar-refractivity contribution < 1.29 is 0 Å². The van der Waals surface area contributed by atoms with Gasteiger partial charge in [0.05, 0.1) is 17.1 Å². The van der Waals surface area contributed by atoms with Crippen LogP contribution >= 0.6 is 0 Å². The molecule has 0 N–H and O–H groups in total. The van der Waals surface area contributed by atoms with E-state index in [4.69, 9.17) is 9.97 Å². The lowest BCUT2D eigenvalue weighted by atomic mass is 9.81. The Morgan fingerprint density at radius 3 is 1.91 bits per heavy atom. The predicted octanol–water partition coefficient (Wildman–Crippen LogP) is 11.1. The summed E-state index contributed by atoms with van der Waals surface area (Å²) in [5.41, 5.74) is 14.1. The molecule has 6 aromatic carbocycles. The lowest BCUT2D eigenvalue weighted by Gasteiger charge is -2.29. The molecule has 2 aliphatic rings. The quantitative estimate of drug-likeness (QED) is 0.204. The number of aromatic nitrogens is 2. The minimum absolute atomic E-state index is 0.0340. The molecule has 218 valence electrons. The molecule has 0 amide bonds. The predicted molar refractivity (Wildman–Crippen MR) is 191 cm³/mol. The molecule has 2 heterocycles. The summed E-state index contributed by atoms with van der Waals surface area (Å²) in [6.45, 7) is 4.70. The second-order valence-corrected chi connectivity index (χ2v) is 12.7. The molecule has 0 unspecified atom stereocenters. The number of fused-ring (bicyclic) bond motifs is 4. The average Bonchev–Trinajstić information content (AvgIpc) is 3.35. The minimum Gasteiger partial charge on any atom is -0.317 e. The zero-order chi connectivity index (χ0) is 30.8. The molecule has 0 saturated carbocycles. The lowest BCUT2D eigenvalue weighted by Crippen LogP contribution is -2.16. The number of hydrogen-bond donors (Lipinski definition) is 0. The SMILES string of the molecule is CC1(C)c2ccccc2-c2c1cc1cccc3c1c2C=CN3c1ccc(-c2nc(-c3ccccc3)cc(-c3ccccc3)n2)cc1. The van der Waals surface area contributed by atoms with E-state index in [1.807, 2.05) is 36.4 Å². The standard InChI is InChI=1S/C43H31N3/c1-43(2)35-18-10-9-17-33(35)41-34-24-25-46(39-19-11-16-31(40(34)39)26-36(41)43)32-22-20-30(21-23-32)42-44-37(28-12-5-3-6-13-28)27-38(45-42)29-14-7-4-8-15-29/h3-27H,1-2H3. The smallest absolute Gasteiger partial charge is 0.160 e. The summed E-state index contributed by atoms with van der Waals surface area (Å²) >= 11 is 0. The molecule has 9 rings (SSSR count). The summed E-state index contributed by atoms with van der Waals surface area (Å²) in [4.78, 5) is 12.4. The topological polar surface area (TPSA) is 29.0 Å². The van der Waals surface area contributed by atoms with Crippen molar-refractivity contribution in [1.29, 1.82) is 0 Å². The zero-order valence-corrected chi connectivity index (χ0v) is 25.8. The zero-order valence-electron chi connectivity index (χ0n) is 25.8. The fraction of sp³-hybridized carbons (Fsp3) is 0.0698. The summed E-state index contributed by atoms with van der Waals surface area (Å²) in [6.07, 6.45) is 4.53. The first kappa shape index (κ1) is 26.6. The molecule has 3 heteroatoms. The van der Waals surface area contributed by atoms with Gasteiger partial charge < -0.3 is 4.90 Å². The number of hydrogen-bond acceptors (Lipinski definition) is 3. The van der Waals surface area contributed by atoms with Gasteiger partial charge in [0, 0.05) is 39.4 Å². The lowest BCUT2D eigenvalue weighted by molar-refractivity contribution is 0.661. The highest BCUT2D eigenvalue weighted by Gasteiger charge is 2.38. The van der Waals surface area contributed by atoms with E-state index in [0.29, 0.717) is 5.82 Å². The molecule has 1 aliphatic carbocycles. The molecule has 1 aliphatic heterocycles. The maximum atomic E-state index is 5.03. The third-order valence-electron chi connectivity index (χ3n) is 9.64. The van der Waals surface area contributed by atoms with Gasteiger partial charge in [-0.05, 0) is 81.7 Å². The van der Waals surface area contributed by atoms with Crippen molar-refractivity contribution in [3.8, 4) is 45.0 Å². The van der Waals surface area contributed by atoms with Crippen LogP contribution in [-0.4, -0.2) is 9.97 Å². The largest absolute Gasteiger partial charge is 0.317 e. The van der Waals surface area contributed by atoms with Gasteiger partial charge in [-0.3, -0.25) is 0 Å². The maximum Gasteiger partial charge on any atom is 0.160 e. The number of nitrogens with zero attached hydrogens (tertiary/aromatic N) is 3. The molecular formula is C43H31N3. The number of rotatable bonds is 4. The highest BCUT2D eigenvalue weighted by Crippen LogP contribution is 2.54. The number of anilines is 2. The van der Waals surface area contributed by atoms with Gasteiger partial charge in [-0.1, -0.05) is 111 Å². The van der Waals surface area contributed by atoms with Crippen LogP contribution in [0.2, 0.25) is 0 Å². The second kappa shape index (κ2) is 10.1. The van der Waals surface area contributed by atoms with E-state index in [1.165, 1.54) is 44.3 Å². The van der Waals surface area contributed by atoms with Crippen LogP contribution in [0.1, 0.15) is 30.5 Å². The van der Waals surface area contributed by atoms with Crippen molar-refractivity contribution in [2.45, 2.75) is 19.3 Å². The molecule has 7 aromatic rings. The maximum absolute atomic E-state index is 5.03. The average molecular weight is 590 g/mol. The molecule has 0 saturated heterocycles. The van der Waals surface area contributed by atoms with Crippen molar-refractivity contribution in [1.82, 2.24) is 9.97 Å². The second-order valence-electron chi connectivity index (χ2n) is 12.7. The molecule has 0 fully saturated rings. The van der Waals surface area contributed by atoms with E-state index in [-0.39, 0.29) is 5.41 Å². The summed E-state index contributed by atoms with van der Waals surface area (Å²) in [5.74, 6) is 0.713. The van der Waals surface area contributed by atoms with E-state index >= 15 is 0 Å². The van der Waals surface area contributed by atoms with Crippen LogP contribution in [-0.2, 0) is 5.41 Å². The molecule has 0 atom stereocenters. The van der Waals surface area contributed by atoms with Crippen molar-refractivity contribution in [2.75, 3.05) is 4.90 Å². The molecule has 0 radical (unpaired) electrons. The Morgan fingerprint density at radius 1 is 0.565 bits per heavy atom. The first-order valence-electron chi connectivity index (χ1n) is 15.8. The van der Waals surface area contributed by atoms with Gasteiger partial charge in [0.1, 0.15) is 0 Å². The van der Waals surface area contributed by atoms with Crippen LogP contribution in [0, 0.1) is 0 Å². The van der Waals surface area contributed by atoms with Gasteiger partial charge in [0.25, 0.3) is 0 Å². The normalized spacial score (nSPS) is 13.9. The molecule has 1 aromatic heterocycles. The van der Waals surface area contributed by atoms with E-state index in [0.717, 1.165) is 33.8 Å². The summed E-state index contributed by atoms with van der Waals surface area (Å²) in [5, 5.41) is 2.57. The molecular weight excluding hydrogens is 558 g/mol. The van der Waals surface area contributed by atoms with Crippen LogP contribution < -0.4 is 4.90 Å². The van der Waals surface area contributed by atoms with Crippen molar-refractivity contribution >= 4 is 28.2 Å². The highest BCUT2D eigenvalue weighted by atomic mass is 15.1. The van der Waals surface area contributed by atoms with Gasteiger partial charge in [-0.25, -0.2) is 9.97 Å². The fourth-order valence-electron chi connectivity index (χ4n) is 7.33. The van der Waals surface area contributed by atoms with Gasteiger partial charge >= 0.3 is 0 Å². The van der Waals surface area contributed by atoms with Crippen LogP contribution in [0.3, 0.4) is 0 Å². The summed E-state index contributed by atoms with van der Waals surface area (Å²) in [6, 6.07) is 49.3. The fourth-order valence-corrected chi connectivity index (χ4v) is 7.33. The molecule has 46 heavy (non-hydrogen) atoms. The van der Waals surface area contributed by atoms with Crippen LogP contribution in [0.15, 0.2) is 146 Å². The van der Waals surface area contributed by atoms with Gasteiger partial charge in [0.15, 0.2) is 5.82 Å². The van der Waals surface area contributed by atoms with E-state index < -0.39 is 0 Å². The highest BCUT2D eigenvalue weighted by molar-refractivity contribution is 6.10. The Morgan fingerprint density at radius 2 is 1.22 bits per heavy atom. The molecule has 0 spiro atoms. The summed E-state index contributed by atoms with van der Waals surface area (Å²) < 4.78 is 0. The Balaban J connectivity index is 1.13. The van der Waals surface area contributed by atoms with Crippen molar-refractivity contribution in [3.63, 3.8) is 0 Å². The van der Waals surface area contributed by atoms with E-state index in [2.05, 4.69) is 134 Å². The van der Waals surface area contributed by atoms with Crippen LogP contribution in [0.25, 0.3) is 61.9 Å². The van der Waals surface area contributed by atoms with E-state index in [1.54, 1.807) is 0 Å². The third kappa shape index (κ3) is 4.05. The Hall–Kier alpha value is -5.80. The Labute approximate surface area is 269 Å². The van der Waals surface area contributed by atoms with E-state index in [9.17, 15) is 0 Å². The van der Waals surface area contributed by atoms with Gasteiger partial charge in [-0.15, -0.1) is 0 Å². The number of benzene rings is 6. The first-order chi connectivity index (χ1) is 22.6. The Bertz CT molecular complexity index is 2260. The summed E-state index contributed by atoms with van der Waals surface area (Å²) in [7, 11) is 0. The molecule has 0 bridgehead atoms. The van der Waals surface area contributed by atoms with Crippen LogP contribution in [0.5, 0.6) is 0 Å². The van der Waals surface area contributed by atoms with Gasteiger partial charge in [-0.2, -0.15) is 0 Å². The van der Waals surface area contributed by atoms with Crippen LogP contribution in [0.4, 0.5) is 11.4 Å².